The smallest absolute Gasteiger partial charge is 0.266 e. The molecule has 0 amide bonds. The van der Waals surface area contributed by atoms with Crippen LogP contribution in [0, 0.1) is 0 Å². The normalized spacial score (nSPS) is 11.3. The van der Waals surface area contributed by atoms with Crippen molar-refractivity contribution in [2.45, 2.75) is 10.9 Å². The van der Waals surface area contributed by atoms with Crippen LogP contribution in [0.25, 0.3) is 26.8 Å². The Bertz CT molecular complexity index is 1310. The zero-order valence-electron chi connectivity index (χ0n) is 14.8. The van der Waals surface area contributed by atoms with Gasteiger partial charge in [0, 0.05) is 0 Å². The van der Waals surface area contributed by atoms with Crippen LogP contribution in [0.4, 0.5) is 0 Å². The summed E-state index contributed by atoms with van der Waals surface area (Å²) in [5, 5.41) is 2.32. The molecule has 2 aromatic heterocycles. The minimum atomic E-state index is -0.0522. The van der Waals surface area contributed by atoms with E-state index in [0.717, 1.165) is 16.2 Å². The van der Waals surface area contributed by atoms with E-state index < -0.39 is 0 Å². The first-order chi connectivity index (χ1) is 13.8. The molecule has 0 saturated heterocycles. The second-order valence-electron chi connectivity index (χ2n) is 6.25. The molecular formula is C22H15N3OS2. The third-order valence-corrected chi connectivity index (χ3v) is 6.59. The van der Waals surface area contributed by atoms with Crippen molar-refractivity contribution in [2.75, 3.05) is 0 Å². The number of nitrogens with zero attached hydrogens (tertiary/aromatic N) is 3. The van der Waals surface area contributed by atoms with Gasteiger partial charge in [0.25, 0.3) is 5.56 Å². The zero-order chi connectivity index (χ0) is 18.9. The number of fused-ring (bicyclic) bond motifs is 2. The molecule has 0 aliphatic heterocycles. The van der Waals surface area contributed by atoms with Crippen molar-refractivity contribution < 1.29 is 0 Å². The lowest BCUT2D eigenvalue weighted by atomic mass is 10.2. The monoisotopic (exact) mass is 401 g/mol. The van der Waals surface area contributed by atoms with E-state index in [1.54, 1.807) is 15.9 Å². The summed E-state index contributed by atoms with van der Waals surface area (Å²) in [5.41, 5.74) is 2.49. The Morgan fingerprint density at radius 3 is 2.36 bits per heavy atom. The van der Waals surface area contributed by atoms with Crippen molar-refractivity contribution in [3.8, 4) is 5.69 Å². The molecular weight excluding hydrogens is 386 g/mol. The van der Waals surface area contributed by atoms with E-state index in [0.29, 0.717) is 21.8 Å². The zero-order valence-corrected chi connectivity index (χ0v) is 16.4. The van der Waals surface area contributed by atoms with Gasteiger partial charge in [0.1, 0.15) is 5.01 Å². The van der Waals surface area contributed by atoms with Crippen LogP contribution < -0.4 is 5.56 Å². The minimum absolute atomic E-state index is 0.0522. The molecule has 0 aliphatic carbocycles. The highest BCUT2D eigenvalue weighted by molar-refractivity contribution is 7.98. The van der Waals surface area contributed by atoms with Crippen molar-refractivity contribution in [2.24, 2.45) is 0 Å². The SMILES string of the molecule is O=c1c2ccccc2nc(SCc2nc3ccccc3s2)n1-c1ccccc1. The fourth-order valence-corrected chi connectivity index (χ4v) is 5.09. The highest BCUT2D eigenvalue weighted by atomic mass is 32.2. The first kappa shape index (κ1) is 17.2. The van der Waals surface area contributed by atoms with Crippen molar-refractivity contribution in [1.82, 2.24) is 14.5 Å². The molecule has 0 bridgehead atoms. The van der Waals surface area contributed by atoms with Crippen LogP contribution >= 0.6 is 23.1 Å². The van der Waals surface area contributed by atoms with E-state index in [9.17, 15) is 4.79 Å². The van der Waals surface area contributed by atoms with Crippen molar-refractivity contribution in [3.63, 3.8) is 0 Å². The summed E-state index contributed by atoms with van der Waals surface area (Å²) in [5.74, 6) is 0.664. The van der Waals surface area contributed by atoms with E-state index >= 15 is 0 Å². The predicted octanol–water partition coefficient (Wildman–Crippen LogP) is 5.29. The summed E-state index contributed by atoms with van der Waals surface area (Å²) in [6.45, 7) is 0. The molecule has 0 N–H and O–H groups in total. The standard InChI is InChI=1S/C22H15N3OS2/c26-21-16-10-4-5-11-17(16)24-22(25(21)15-8-2-1-3-9-15)27-14-20-23-18-12-6-7-13-19(18)28-20/h1-13H,14H2. The maximum absolute atomic E-state index is 13.2. The molecule has 0 fully saturated rings. The lowest BCUT2D eigenvalue weighted by Crippen LogP contribution is -2.21. The second kappa shape index (κ2) is 7.22. The number of thiazole rings is 1. The molecule has 3 aromatic carbocycles. The van der Waals surface area contributed by atoms with Gasteiger partial charge in [0.05, 0.1) is 32.6 Å². The molecule has 4 nitrogen and oxygen atoms in total. The summed E-state index contributed by atoms with van der Waals surface area (Å²) in [7, 11) is 0. The lowest BCUT2D eigenvalue weighted by Gasteiger charge is -2.12. The number of aromatic nitrogens is 3. The highest BCUT2D eigenvalue weighted by Gasteiger charge is 2.14. The molecule has 5 aromatic rings. The number of rotatable bonds is 4. The van der Waals surface area contributed by atoms with Gasteiger partial charge in [-0.1, -0.05) is 54.2 Å². The number of benzene rings is 3. The predicted molar refractivity (Wildman–Crippen MR) is 117 cm³/mol. The Morgan fingerprint density at radius 1 is 0.821 bits per heavy atom. The first-order valence-corrected chi connectivity index (χ1v) is 10.6. The van der Waals surface area contributed by atoms with Crippen molar-refractivity contribution >= 4 is 44.2 Å². The Morgan fingerprint density at radius 2 is 1.54 bits per heavy atom. The van der Waals surface area contributed by atoms with E-state index in [4.69, 9.17) is 9.97 Å². The van der Waals surface area contributed by atoms with Crippen LogP contribution in [0.2, 0.25) is 0 Å². The number of thioether (sulfide) groups is 1. The van der Waals surface area contributed by atoms with E-state index in [1.165, 1.54) is 16.5 Å². The third-order valence-electron chi connectivity index (χ3n) is 4.42. The Balaban J connectivity index is 1.60. The molecule has 0 unspecified atom stereocenters. The van der Waals surface area contributed by atoms with E-state index in [1.807, 2.05) is 72.8 Å². The Hall–Kier alpha value is -2.96. The molecule has 5 rings (SSSR count). The third kappa shape index (κ3) is 3.10. The largest absolute Gasteiger partial charge is 0.268 e. The average molecular weight is 402 g/mol. The summed E-state index contributed by atoms with van der Waals surface area (Å²) in [6.07, 6.45) is 0. The summed E-state index contributed by atoms with van der Waals surface area (Å²) < 4.78 is 2.87. The van der Waals surface area contributed by atoms with Gasteiger partial charge in [-0.15, -0.1) is 11.3 Å². The van der Waals surface area contributed by atoms with Crippen LogP contribution in [0.3, 0.4) is 0 Å². The first-order valence-electron chi connectivity index (χ1n) is 8.84. The van der Waals surface area contributed by atoms with Crippen molar-refractivity contribution in [3.05, 3.63) is 94.2 Å². The Kier molecular flexibility index (Phi) is 4.43. The molecule has 0 spiro atoms. The second-order valence-corrected chi connectivity index (χ2v) is 8.31. The number of hydrogen-bond acceptors (Lipinski definition) is 5. The van der Waals surface area contributed by atoms with Gasteiger partial charge >= 0.3 is 0 Å². The molecule has 0 saturated carbocycles. The molecule has 6 heteroatoms. The fraction of sp³-hybridized carbons (Fsp3) is 0.0455. The molecule has 136 valence electrons. The number of para-hydroxylation sites is 3. The van der Waals surface area contributed by atoms with Gasteiger partial charge in [-0.3, -0.25) is 9.36 Å². The fourth-order valence-electron chi connectivity index (χ4n) is 3.12. The Labute approximate surface area is 169 Å². The summed E-state index contributed by atoms with van der Waals surface area (Å²) in [4.78, 5) is 22.7. The summed E-state index contributed by atoms with van der Waals surface area (Å²) >= 11 is 3.22. The molecule has 0 aliphatic rings. The molecule has 0 radical (unpaired) electrons. The summed E-state index contributed by atoms with van der Waals surface area (Å²) in [6, 6.07) is 25.3. The van der Waals surface area contributed by atoms with Gasteiger partial charge in [-0.05, 0) is 36.4 Å². The van der Waals surface area contributed by atoms with Gasteiger partial charge in [0.15, 0.2) is 5.16 Å². The molecule has 28 heavy (non-hydrogen) atoms. The molecule has 2 heterocycles. The van der Waals surface area contributed by atoms with E-state index in [-0.39, 0.29) is 5.56 Å². The van der Waals surface area contributed by atoms with Crippen LogP contribution in [0.1, 0.15) is 5.01 Å². The maximum atomic E-state index is 13.2. The minimum Gasteiger partial charge on any atom is -0.268 e. The topological polar surface area (TPSA) is 47.8 Å². The van der Waals surface area contributed by atoms with E-state index in [2.05, 4.69) is 6.07 Å². The van der Waals surface area contributed by atoms with Crippen LogP contribution in [-0.2, 0) is 5.75 Å². The lowest BCUT2D eigenvalue weighted by molar-refractivity contribution is 0.819. The van der Waals surface area contributed by atoms with Crippen LogP contribution in [0.15, 0.2) is 88.8 Å². The van der Waals surface area contributed by atoms with Gasteiger partial charge in [-0.25, -0.2) is 9.97 Å². The van der Waals surface area contributed by atoms with Gasteiger partial charge < -0.3 is 0 Å². The van der Waals surface area contributed by atoms with Crippen LogP contribution in [0.5, 0.6) is 0 Å². The quantitative estimate of drug-likeness (QED) is 0.303. The average Bonchev–Trinajstić information content (AvgIpc) is 3.16. The van der Waals surface area contributed by atoms with Gasteiger partial charge in [0.2, 0.25) is 0 Å². The number of hydrogen-bond donors (Lipinski definition) is 0. The van der Waals surface area contributed by atoms with Crippen molar-refractivity contribution in [1.29, 1.82) is 0 Å². The van der Waals surface area contributed by atoms with Crippen LogP contribution in [-0.4, -0.2) is 14.5 Å². The van der Waals surface area contributed by atoms with Gasteiger partial charge in [-0.2, -0.15) is 0 Å². The maximum Gasteiger partial charge on any atom is 0.266 e. The molecule has 0 atom stereocenters. The highest BCUT2D eigenvalue weighted by Crippen LogP contribution is 2.29.